The molecule has 0 unspecified atom stereocenters. The second kappa shape index (κ2) is 5.44. The topological polar surface area (TPSA) is 31.2 Å². The van der Waals surface area contributed by atoms with Crippen LogP contribution in [-0.4, -0.2) is 16.3 Å². The highest BCUT2D eigenvalue weighted by Gasteiger charge is 2.20. The highest BCUT2D eigenvalue weighted by molar-refractivity contribution is 14.1. The van der Waals surface area contributed by atoms with E-state index in [1.54, 1.807) is 4.57 Å². The van der Waals surface area contributed by atoms with Gasteiger partial charge < -0.3 is 4.74 Å². The van der Waals surface area contributed by atoms with Crippen LogP contribution in [0.4, 0.5) is 4.79 Å². The van der Waals surface area contributed by atoms with E-state index in [1.807, 2.05) is 39.1 Å². The predicted octanol–water partition coefficient (Wildman–Crippen LogP) is 4.92. The SMILES string of the molecule is CC(C)(C)OC(=O)n1cc(CBr)c2cc(I)ccc21. The molecule has 3 nitrogen and oxygen atoms in total. The molecule has 1 heterocycles. The molecule has 0 saturated heterocycles. The van der Waals surface area contributed by atoms with Crippen molar-refractivity contribution in [2.75, 3.05) is 0 Å². The van der Waals surface area contributed by atoms with Crippen molar-refractivity contribution >= 4 is 55.5 Å². The molecule has 1 aromatic carbocycles. The van der Waals surface area contributed by atoms with Crippen molar-refractivity contribution in [1.82, 2.24) is 4.57 Å². The van der Waals surface area contributed by atoms with E-state index in [0.717, 1.165) is 20.0 Å². The van der Waals surface area contributed by atoms with Gasteiger partial charge in [0.2, 0.25) is 0 Å². The molecule has 0 atom stereocenters. The lowest BCUT2D eigenvalue weighted by Crippen LogP contribution is -2.26. The Kier molecular flexibility index (Phi) is 4.25. The van der Waals surface area contributed by atoms with Crippen molar-refractivity contribution < 1.29 is 9.53 Å². The van der Waals surface area contributed by atoms with E-state index < -0.39 is 5.60 Å². The maximum Gasteiger partial charge on any atom is 0.419 e. The molecular weight excluding hydrogens is 421 g/mol. The van der Waals surface area contributed by atoms with Crippen molar-refractivity contribution in [1.29, 1.82) is 0 Å². The first-order chi connectivity index (χ1) is 8.81. The van der Waals surface area contributed by atoms with Gasteiger partial charge in [0.05, 0.1) is 5.52 Å². The summed E-state index contributed by atoms with van der Waals surface area (Å²) in [6, 6.07) is 6.02. The third-order valence-electron chi connectivity index (χ3n) is 2.58. The summed E-state index contributed by atoms with van der Waals surface area (Å²) in [5, 5.41) is 1.79. The van der Waals surface area contributed by atoms with Gasteiger partial charge in [-0.3, -0.25) is 4.57 Å². The van der Waals surface area contributed by atoms with Gasteiger partial charge in [0, 0.05) is 20.5 Å². The van der Waals surface area contributed by atoms with Crippen LogP contribution in [0.3, 0.4) is 0 Å². The van der Waals surface area contributed by atoms with Crippen molar-refractivity contribution in [2.24, 2.45) is 0 Å². The van der Waals surface area contributed by atoms with Gasteiger partial charge in [0.25, 0.3) is 0 Å². The average Bonchev–Trinajstić information content (AvgIpc) is 2.64. The van der Waals surface area contributed by atoms with Crippen LogP contribution in [0.15, 0.2) is 24.4 Å². The van der Waals surface area contributed by atoms with Crippen LogP contribution in [0, 0.1) is 3.57 Å². The summed E-state index contributed by atoms with van der Waals surface area (Å²) in [7, 11) is 0. The van der Waals surface area contributed by atoms with Gasteiger partial charge in [-0.1, -0.05) is 15.9 Å². The number of halogens is 2. The Bertz CT molecular complexity index is 628. The van der Waals surface area contributed by atoms with Crippen LogP contribution in [0.25, 0.3) is 10.9 Å². The minimum absolute atomic E-state index is 0.342. The highest BCUT2D eigenvalue weighted by atomic mass is 127. The minimum atomic E-state index is -0.495. The number of carbonyl (C=O) groups is 1. The number of carbonyl (C=O) groups excluding carboxylic acids is 1. The number of benzene rings is 1. The largest absolute Gasteiger partial charge is 0.443 e. The van der Waals surface area contributed by atoms with Crippen LogP contribution >= 0.6 is 38.5 Å². The van der Waals surface area contributed by atoms with Crippen molar-refractivity contribution in [2.45, 2.75) is 31.7 Å². The molecule has 1 aromatic heterocycles. The van der Waals surface area contributed by atoms with Gasteiger partial charge in [-0.2, -0.15) is 0 Å². The maximum absolute atomic E-state index is 12.2. The fourth-order valence-corrected chi connectivity index (χ4v) is 2.78. The van der Waals surface area contributed by atoms with Crippen LogP contribution in [0.5, 0.6) is 0 Å². The number of ether oxygens (including phenoxy) is 1. The summed E-state index contributed by atoms with van der Waals surface area (Å²) < 4.78 is 8.15. The van der Waals surface area contributed by atoms with E-state index in [-0.39, 0.29) is 6.09 Å². The molecular formula is C14H15BrINO2. The standard InChI is InChI=1S/C14H15BrINO2/c1-14(2,3)19-13(18)17-8-9(7-15)11-6-10(16)4-5-12(11)17/h4-6,8H,7H2,1-3H3. The van der Waals surface area contributed by atoms with E-state index in [4.69, 9.17) is 4.74 Å². The summed E-state index contributed by atoms with van der Waals surface area (Å²) in [6.45, 7) is 5.60. The Morgan fingerprint density at radius 2 is 2.11 bits per heavy atom. The number of alkyl halides is 1. The second-order valence-electron chi connectivity index (χ2n) is 5.30. The van der Waals surface area contributed by atoms with Crippen LogP contribution in [0.1, 0.15) is 26.3 Å². The molecule has 2 aromatic rings. The molecule has 0 aliphatic rings. The number of aromatic nitrogens is 1. The number of fused-ring (bicyclic) bond motifs is 1. The first kappa shape index (κ1) is 14.8. The number of nitrogens with zero attached hydrogens (tertiary/aromatic N) is 1. The van der Waals surface area contributed by atoms with Gasteiger partial charge in [0.15, 0.2) is 0 Å². The molecule has 0 amide bonds. The van der Waals surface area contributed by atoms with Crippen molar-refractivity contribution in [3.8, 4) is 0 Å². The van der Waals surface area contributed by atoms with Gasteiger partial charge in [-0.15, -0.1) is 0 Å². The van der Waals surface area contributed by atoms with E-state index in [9.17, 15) is 4.79 Å². The molecule has 0 bridgehead atoms. The first-order valence-electron chi connectivity index (χ1n) is 5.90. The summed E-state index contributed by atoms with van der Waals surface area (Å²) in [4.78, 5) is 12.2. The molecule has 0 spiro atoms. The van der Waals surface area contributed by atoms with Gasteiger partial charge in [-0.25, -0.2) is 4.79 Å². The normalized spacial score (nSPS) is 11.8. The molecule has 0 aliphatic heterocycles. The molecule has 0 radical (unpaired) electrons. The zero-order valence-electron chi connectivity index (χ0n) is 11.0. The molecule has 0 aliphatic carbocycles. The number of rotatable bonds is 1. The fraction of sp³-hybridized carbons (Fsp3) is 0.357. The van der Waals surface area contributed by atoms with E-state index in [1.165, 1.54) is 0 Å². The Morgan fingerprint density at radius 1 is 1.42 bits per heavy atom. The molecule has 2 rings (SSSR count). The zero-order chi connectivity index (χ0) is 14.2. The van der Waals surface area contributed by atoms with Gasteiger partial charge in [-0.05, 0) is 67.1 Å². The van der Waals surface area contributed by atoms with E-state index in [2.05, 4.69) is 44.6 Å². The average molecular weight is 436 g/mol. The van der Waals surface area contributed by atoms with Gasteiger partial charge in [0.1, 0.15) is 5.60 Å². The zero-order valence-corrected chi connectivity index (χ0v) is 14.8. The third-order valence-corrected chi connectivity index (χ3v) is 3.86. The van der Waals surface area contributed by atoms with Crippen LogP contribution in [-0.2, 0) is 10.1 Å². The molecule has 0 N–H and O–H groups in total. The molecule has 5 heteroatoms. The summed E-state index contributed by atoms with van der Waals surface area (Å²) in [5.41, 5.74) is 1.47. The van der Waals surface area contributed by atoms with Crippen LogP contribution in [0.2, 0.25) is 0 Å². The molecule has 19 heavy (non-hydrogen) atoms. The lowest BCUT2D eigenvalue weighted by atomic mass is 10.2. The fourth-order valence-electron chi connectivity index (χ4n) is 1.84. The maximum atomic E-state index is 12.2. The summed E-state index contributed by atoms with van der Waals surface area (Å²) in [6.07, 6.45) is 1.50. The third kappa shape index (κ3) is 3.31. The molecule has 0 saturated carbocycles. The summed E-state index contributed by atoms with van der Waals surface area (Å²) >= 11 is 5.73. The first-order valence-corrected chi connectivity index (χ1v) is 8.10. The number of hydrogen-bond donors (Lipinski definition) is 0. The smallest absolute Gasteiger partial charge is 0.419 e. The number of hydrogen-bond acceptors (Lipinski definition) is 2. The minimum Gasteiger partial charge on any atom is -0.443 e. The lowest BCUT2D eigenvalue weighted by molar-refractivity contribution is 0.0544. The second-order valence-corrected chi connectivity index (χ2v) is 7.11. The summed E-state index contributed by atoms with van der Waals surface area (Å²) in [5.74, 6) is 0. The van der Waals surface area contributed by atoms with Crippen molar-refractivity contribution in [3.63, 3.8) is 0 Å². The Balaban J connectivity index is 2.52. The predicted molar refractivity (Wildman–Crippen MR) is 88.9 cm³/mol. The Hall–Kier alpha value is -0.560. The lowest BCUT2D eigenvalue weighted by Gasteiger charge is -2.19. The van der Waals surface area contributed by atoms with Gasteiger partial charge >= 0.3 is 6.09 Å². The van der Waals surface area contributed by atoms with E-state index >= 15 is 0 Å². The molecule has 0 fully saturated rings. The van der Waals surface area contributed by atoms with Crippen molar-refractivity contribution in [3.05, 3.63) is 33.5 Å². The molecule has 102 valence electrons. The Morgan fingerprint density at radius 3 is 2.68 bits per heavy atom. The van der Waals surface area contributed by atoms with E-state index in [0.29, 0.717) is 5.33 Å². The quantitative estimate of drug-likeness (QED) is 0.470. The monoisotopic (exact) mass is 435 g/mol. The highest BCUT2D eigenvalue weighted by Crippen LogP contribution is 2.26. The Labute approximate surface area is 134 Å². The van der Waals surface area contributed by atoms with Crippen LogP contribution < -0.4 is 0 Å².